The monoisotopic (exact) mass is 366 g/mol. The van der Waals surface area contributed by atoms with Crippen LogP contribution in [0.15, 0.2) is 45.3 Å². The van der Waals surface area contributed by atoms with Crippen LogP contribution in [0, 0.1) is 0 Å². The normalized spacial score (nSPS) is 16.4. The van der Waals surface area contributed by atoms with E-state index in [1.807, 2.05) is 36.4 Å². The second-order valence-electron chi connectivity index (χ2n) is 4.08. The Morgan fingerprint density at radius 3 is 2.44 bits per heavy atom. The van der Waals surface area contributed by atoms with Crippen molar-refractivity contribution in [3.63, 3.8) is 0 Å². The van der Waals surface area contributed by atoms with E-state index in [1.54, 1.807) is 0 Å². The number of hydrogen-bond acceptors (Lipinski definition) is 2. The van der Waals surface area contributed by atoms with Crippen LogP contribution < -0.4 is 4.74 Å². The quantitative estimate of drug-likeness (QED) is 0.686. The van der Waals surface area contributed by atoms with Crippen molar-refractivity contribution in [1.29, 1.82) is 0 Å². The zero-order chi connectivity index (χ0) is 12.7. The molecule has 1 unspecified atom stereocenters. The first-order chi connectivity index (χ1) is 8.69. The molecule has 1 atom stereocenters. The lowest BCUT2D eigenvalue weighted by molar-refractivity contribution is -0.108. The molecule has 1 aliphatic heterocycles. The lowest BCUT2D eigenvalue weighted by Gasteiger charge is -2.25. The van der Waals surface area contributed by atoms with Crippen LogP contribution in [0.5, 0.6) is 11.5 Å². The number of aldehydes is 1. The lowest BCUT2D eigenvalue weighted by Crippen LogP contribution is -2.11. The van der Waals surface area contributed by atoms with Gasteiger partial charge in [0.2, 0.25) is 0 Å². The third kappa shape index (κ3) is 1.89. The van der Waals surface area contributed by atoms with Gasteiger partial charge < -0.3 is 9.53 Å². The first kappa shape index (κ1) is 11.9. The highest BCUT2D eigenvalue weighted by atomic mass is 79.9. The molecule has 0 amide bonds. The van der Waals surface area contributed by atoms with E-state index >= 15 is 0 Å². The summed E-state index contributed by atoms with van der Waals surface area (Å²) >= 11 is 6.83. The van der Waals surface area contributed by atoms with Crippen LogP contribution in [0.25, 0.3) is 0 Å². The number of fused-ring (bicyclic) bond motifs is 2. The van der Waals surface area contributed by atoms with Gasteiger partial charge in [-0.25, -0.2) is 0 Å². The van der Waals surface area contributed by atoms with Gasteiger partial charge in [0.05, 0.1) is 5.92 Å². The molecule has 0 radical (unpaired) electrons. The highest BCUT2D eigenvalue weighted by molar-refractivity contribution is 9.10. The predicted molar refractivity (Wildman–Crippen MR) is 76.3 cm³/mol. The van der Waals surface area contributed by atoms with Crippen molar-refractivity contribution < 1.29 is 9.53 Å². The Morgan fingerprint density at radius 1 is 0.944 bits per heavy atom. The molecule has 0 aliphatic carbocycles. The third-order valence-corrected chi connectivity index (χ3v) is 3.96. The van der Waals surface area contributed by atoms with Crippen LogP contribution >= 0.6 is 31.9 Å². The molecule has 0 saturated carbocycles. The van der Waals surface area contributed by atoms with Gasteiger partial charge in [-0.1, -0.05) is 37.9 Å². The van der Waals surface area contributed by atoms with E-state index in [2.05, 4.69) is 31.9 Å². The number of rotatable bonds is 1. The van der Waals surface area contributed by atoms with Crippen molar-refractivity contribution in [3.05, 3.63) is 56.5 Å². The number of carbonyl (C=O) groups is 1. The highest BCUT2D eigenvalue weighted by Gasteiger charge is 2.27. The van der Waals surface area contributed by atoms with Crippen molar-refractivity contribution in [2.45, 2.75) is 5.92 Å². The molecule has 2 aromatic rings. The Hall–Kier alpha value is -1.13. The Morgan fingerprint density at radius 2 is 1.67 bits per heavy atom. The molecule has 18 heavy (non-hydrogen) atoms. The lowest BCUT2D eigenvalue weighted by atomic mass is 9.89. The number of benzene rings is 2. The summed E-state index contributed by atoms with van der Waals surface area (Å²) in [6, 6.07) is 11.4. The van der Waals surface area contributed by atoms with Crippen LogP contribution in [-0.4, -0.2) is 6.29 Å². The van der Waals surface area contributed by atoms with Crippen molar-refractivity contribution in [2.24, 2.45) is 0 Å². The number of hydrogen-bond donors (Lipinski definition) is 0. The standard InChI is InChI=1S/C14H8Br2O2/c15-8-2-4-13-11(5-8)12(7-17)10-3-1-9(16)6-14(10)18-13/h1-7,12H. The zero-order valence-electron chi connectivity index (χ0n) is 9.19. The third-order valence-electron chi connectivity index (χ3n) is 2.97. The minimum absolute atomic E-state index is 0.269. The second kappa shape index (κ2) is 4.52. The molecular weight excluding hydrogens is 360 g/mol. The Balaban J connectivity index is 2.21. The van der Waals surface area contributed by atoms with Crippen molar-refractivity contribution >= 4 is 38.1 Å². The molecule has 2 aromatic carbocycles. The summed E-state index contributed by atoms with van der Waals surface area (Å²) in [6.45, 7) is 0. The van der Waals surface area contributed by atoms with E-state index in [9.17, 15) is 4.79 Å². The average Bonchev–Trinajstić information content (AvgIpc) is 2.36. The molecule has 4 heteroatoms. The van der Waals surface area contributed by atoms with Crippen LogP contribution in [0.2, 0.25) is 0 Å². The Bertz CT molecular complexity index is 638. The van der Waals surface area contributed by atoms with Gasteiger partial charge in [-0.2, -0.15) is 0 Å². The molecular formula is C14H8Br2O2. The van der Waals surface area contributed by atoms with Gasteiger partial charge in [0.25, 0.3) is 0 Å². The largest absolute Gasteiger partial charge is 0.457 e. The van der Waals surface area contributed by atoms with Crippen molar-refractivity contribution in [1.82, 2.24) is 0 Å². The number of carbonyl (C=O) groups excluding carboxylic acids is 1. The molecule has 3 rings (SSSR count). The summed E-state index contributed by atoms with van der Waals surface area (Å²) in [5.74, 6) is 1.20. The Kier molecular flexibility index (Phi) is 2.99. The second-order valence-corrected chi connectivity index (χ2v) is 5.91. The maximum Gasteiger partial charge on any atom is 0.132 e. The molecule has 1 heterocycles. The van der Waals surface area contributed by atoms with E-state index in [4.69, 9.17) is 4.74 Å². The smallest absolute Gasteiger partial charge is 0.132 e. The molecule has 0 bridgehead atoms. The fourth-order valence-electron chi connectivity index (χ4n) is 2.14. The summed E-state index contributed by atoms with van der Waals surface area (Å²) in [6.07, 6.45) is 0.959. The first-order valence-electron chi connectivity index (χ1n) is 5.41. The Labute approximate surface area is 121 Å². The van der Waals surface area contributed by atoms with Gasteiger partial charge in [0.15, 0.2) is 0 Å². The van der Waals surface area contributed by atoms with Gasteiger partial charge in [-0.15, -0.1) is 0 Å². The molecule has 0 N–H and O–H groups in total. The zero-order valence-corrected chi connectivity index (χ0v) is 12.4. The minimum atomic E-state index is -0.269. The van der Waals surface area contributed by atoms with E-state index in [-0.39, 0.29) is 5.92 Å². The molecule has 90 valence electrons. The van der Waals surface area contributed by atoms with Gasteiger partial charge >= 0.3 is 0 Å². The van der Waals surface area contributed by atoms with E-state index < -0.39 is 0 Å². The van der Waals surface area contributed by atoms with Crippen molar-refractivity contribution in [3.8, 4) is 11.5 Å². The fourth-order valence-corrected chi connectivity index (χ4v) is 2.86. The topological polar surface area (TPSA) is 26.3 Å². The summed E-state index contributed by atoms with van der Waals surface area (Å²) in [5, 5.41) is 0. The van der Waals surface area contributed by atoms with Gasteiger partial charge in [-0.05, 0) is 30.3 Å². The minimum Gasteiger partial charge on any atom is -0.457 e. The maximum atomic E-state index is 11.4. The molecule has 2 nitrogen and oxygen atoms in total. The van der Waals surface area contributed by atoms with E-state index in [1.165, 1.54) is 0 Å². The van der Waals surface area contributed by atoms with E-state index in [0.717, 1.165) is 37.9 Å². The summed E-state index contributed by atoms with van der Waals surface area (Å²) in [7, 11) is 0. The number of halogens is 2. The SMILES string of the molecule is O=CC1c2ccc(Br)cc2Oc2ccc(Br)cc21. The van der Waals surface area contributed by atoms with Crippen LogP contribution in [-0.2, 0) is 4.79 Å². The maximum absolute atomic E-state index is 11.4. The van der Waals surface area contributed by atoms with Gasteiger partial charge in [0, 0.05) is 20.1 Å². The molecule has 0 spiro atoms. The summed E-state index contributed by atoms with van der Waals surface area (Å²) < 4.78 is 7.71. The first-order valence-corrected chi connectivity index (χ1v) is 6.99. The van der Waals surface area contributed by atoms with Gasteiger partial charge in [0.1, 0.15) is 17.8 Å². The average molecular weight is 368 g/mol. The van der Waals surface area contributed by atoms with Crippen molar-refractivity contribution in [2.75, 3.05) is 0 Å². The molecule has 0 saturated heterocycles. The molecule has 0 aromatic heterocycles. The molecule has 0 fully saturated rings. The predicted octanol–water partition coefficient (Wildman–Crippen LogP) is 4.65. The van der Waals surface area contributed by atoms with E-state index in [0.29, 0.717) is 0 Å². The summed E-state index contributed by atoms with van der Waals surface area (Å²) in [4.78, 5) is 11.4. The fraction of sp³-hybridized carbons (Fsp3) is 0.0714. The van der Waals surface area contributed by atoms with Crippen LogP contribution in [0.3, 0.4) is 0 Å². The highest BCUT2D eigenvalue weighted by Crippen LogP contribution is 2.44. The van der Waals surface area contributed by atoms with Gasteiger partial charge in [-0.3, -0.25) is 0 Å². The molecule has 1 aliphatic rings. The van der Waals surface area contributed by atoms with Crippen LogP contribution in [0.4, 0.5) is 0 Å². The summed E-state index contributed by atoms with van der Waals surface area (Å²) in [5.41, 5.74) is 1.80. The van der Waals surface area contributed by atoms with Crippen LogP contribution in [0.1, 0.15) is 17.0 Å². The number of ether oxygens (including phenoxy) is 1.